The molecule has 0 aliphatic rings. The van der Waals surface area contributed by atoms with Crippen molar-refractivity contribution in [3.63, 3.8) is 0 Å². The number of carboxylic acids is 1. The molecule has 0 atom stereocenters. The molecule has 1 aromatic rings. The summed E-state index contributed by atoms with van der Waals surface area (Å²) in [5.74, 6) is -0.650. The topological polar surface area (TPSA) is 75.6 Å². The minimum Gasteiger partial charge on any atom is -0.484 e. The summed E-state index contributed by atoms with van der Waals surface area (Å²) < 4.78 is 5.21. The lowest BCUT2D eigenvalue weighted by Gasteiger charge is -2.07. The summed E-state index contributed by atoms with van der Waals surface area (Å²) in [7, 11) is 0. The van der Waals surface area contributed by atoms with E-state index in [9.17, 15) is 9.59 Å². The lowest BCUT2D eigenvalue weighted by atomic mass is 10.3. The molecule has 1 aromatic carbocycles. The highest BCUT2D eigenvalue weighted by atomic mass is 35.5. The number of ether oxygens (including phenoxy) is 1. The molecule has 0 fully saturated rings. The van der Waals surface area contributed by atoms with Crippen LogP contribution in [-0.2, 0) is 9.59 Å². The van der Waals surface area contributed by atoms with Gasteiger partial charge in [-0.05, 0) is 24.6 Å². The third-order valence-corrected chi connectivity index (χ3v) is 2.29. The number of hydrogen-bond acceptors (Lipinski definition) is 3. The minimum atomic E-state index is -0.876. The zero-order valence-electron chi connectivity index (χ0n) is 9.69. The molecule has 0 heterocycles. The van der Waals surface area contributed by atoms with E-state index in [-0.39, 0.29) is 18.9 Å². The number of aliphatic carboxylic acids is 1. The molecule has 0 spiro atoms. The second-order valence-corrected chi connectivity index (χ2v) is 4.03. The molecule has 2 N–H and O–H groups in total. The molecular weight excluding hydrogens is 258 g/mol. The number of hydrogen-bond donors (Lipinski definition) is 2. The average molecular weight is 272 g/mol. The molecule has 0 aromatic heterocycles. The lowest BCUT2D eigenvalue weighted by molar-refractivity contribution is -0.137. The number of carbonyl (C=O) groups is 2. The Bertz CT molecular complexity index is 422. The molecule has 0 bridgehead atoms. The van der Waals surface area contributed by atoms with Gasteiger partial charge in [0.25, 0.3) is 5.91 Å². The van der Waals surface area contributed by atoms with Gasteiger partial charge >= 0.3 is 5.97 Å². The SMILES string of the molecule is O=C(O)CCCNC(=O)COc1cccc(Cl)c1. The van der Waals surface area contributed by atoms with E-state index in [2.05, 4.69) is 5.32 Å². The first-order valence-electron chi connectivity index (χ1n) is 5.45. The molecule has 0 unspecified atom stereocenters. The highest BCUT2D eigenvalue weighted by molar-refractivity contribution is 6.30. The van der Waals surface area contributed by atoms with Crippen molar-refractivity contribution >= 4 is 23.5 Å². The molecule has 1 amide bonds. The van der Waals surface area contributed by atoms with Crippen molar-refractivity contribution in [1.29, 1.82) is 0 Å². The highest BCUT2D eigenvalue weighted by Gasteiger charge is 2.03. The first kappa shape index (κ1) is 14.3. The molecule has 0 aliphatic carbocycles. The number of amides is 1. The third-order valence-electron chi connectivity index (χ3n) is 2.06. The summed E-state index contributed by atoms with van der Waals surface area (Å²) in [4.78, 5) is 21.6. The molecule has 18 heavy (non-hydrogen) atoms. The minimum absolute atomic E-state index is 0.0371. The molecule has 98 valence electrons. The Balaban J connectivity index is 2.19. The van der Waals surface area contributed by atoms with E-state index >= 15 is 0 Å². The van der Waals surface area contributed by atoms with Gasteiger partial charge in [-0.3, -0.25) is 9.59 Å². The van der Waals surface area contributed by atoms with E-state index < -0.39 is 5.97 Å². The van der Waals surface area contributed by atoms with Gasteiger partial charge < -0.3 is 15.2 Å². The number of carboxylic acid groups (broad SMARTS) is 1. The van der Waals surface area contributed by atoms with Gasteiger partial charge in [0.1, 0.15) is 5.75 Å². The summed E-state index contributed by atoms with van der Waals surface area (Å²) in [5, 5.41) is 11.5. The maximum absolute atomic E-state index is 11.3. The smallest absolute Gasteiger partial charge is 0.303 e. The van der Waals surface area contributed by atoms with E-state index in [1.165, 1.54) is 0 Å². The maximum Gasteiger partial charge on any atom is 0.303 e. The van der Waals surface area contributed by atoms with Crippen LogP contribution in [0.5, 0.6) is 5.75 Å². The molecule has 6 heteroatoms. The summed E-state index contributed by atoms with van der Waals surface area (Å²) in [6, 6.07) is 6.74. The Morgan fingerprint density at radius 3 is 2.83 bits per heavy atom. The monoisotopic (exact) mass is 271 g/mol. The van der Waals surface area contributed by atoms with E-state index in [0.717, 1.165) is 0 Å². The van der Waals surface area contributed by atoms with Crippen LogP contribution in [0.15, 0.2) is 24.3 Å². The highest BCUT2D eigenvalue weighted by Crippen LogP contribution is 2.16. The lowest BCUT2D eigenvalue weighted by Crippen LogP contribution is -2.29. The third kappa shape index (κ3) is 6.10. The average Bonchev–Trinajstić information content (AvgIpc) is 2.32. The zero-order chi connectivity index (χ0) is 13.4. The number of benzene rings is 1. The maximum atomic E-state index is 11.3. The number of rotatable bonds is 7. The van der Waals surface area contributed by atoms with Crippen LogP contribution in [0.3, 0.4) is 0 Å². The second-order valence-electron chi connectivity index (χ2n) is 3.59. The number of nitrogens with one attached hydrogen (secondary N) is 1. The van der Waals surface area contributed by atoms with Crippen LogP contribution in [-0.4, -0.2) is 30.1 Å². The van der Waals surface area contributed by atoms with Crippen LogP contribution >= 0.6 is 11.6 Å². The van der Waals surface area contributed by atoms with E-state index in [1.54, 1.807) is 24.3 Å². The van der Waals surface area contributed by atoms with Gasteiger partial charge in [0.2, 0.25) is 0 Å². The van der Waals surface area contributed by atoms with Crippen LogP contribution in [0.1, 0.15) is 12.8 Å². The van der Waals surface area contributed by atoms with Gasteiger partial charge in [0.05, 0.1) is 0 Å². The Morgan fingerprint density at radius 2 is 2.17 bits per heavy atom. The Hall–Kier alpha value is -1.75. The molecule has 0 aliphatic heterocycles. The molecular formula is C12H14ClNO4. The standard InChI is InChI=1S/C12H14ClNO4/c13-9-3-1-4-10(7-9)18-8-11(15)14-6-2-5-12(16)17/h1,3-4,7H,2,5-6,8H2,(H,14,15)(H,16,17). The Kier molecular flexibility index (Phi) is 6.00. The zero-order valence-corrected chi connectivity index (χ0v) is 10.4. The van der Waals surface area contributed by atoms with Crippen molar-refractivity contribution < 1.29 is 19.4 Å². The summed E-state index contributed by atoms with van der Waals surface area (Å²) >= 11 is 5.76. The molecule has 5 nitrogen and oxygen atoms in total. The van der Waals surface area contributed by atoms with Gasteiger partial charge in [0, 0.05) is 18.0 Å². The predicted octanol–water partition coefficient (Wildman–Crippen LogP) is 1.70. The van der Waals surface area contributed by atoms with Gasteiger partial charge in [-0.15, -0.1) is 0 Å². The fraction of sp³-hybridized carbons (Fsp3) is 0.333. The quantitative estimate of drug-likeness (QED) is 0.740. The molecule has 0 radical (unpaired) electrons. The number of carbonyl (C=O) groups excluding carboxylic acids is 1. The van der Waals surface area contributed by atoms with Crippen molar-refractivity contribution in [3.8, 4) is 5.75 Å². The van der Waals surface area contributed by atoms with Gasteiger partial charge in [-0.2, -0.15) is 0 Å². The van der Waals surface area contributed by atoms with Crippen LogP contribution < -0.4 is 10.1 Å². The fourth-order valence-corrected chi connectivity index (χ4v) is 1.40. The van der Waals surface area contributed by atoms with E-state index in [1.807, 2.05) is 0 Å². The molecule has 1 rings (SSSR count). The summed E-state index contributed by atoms with van der Waals surface area (Å²) in [5.41, 5.74) is 0. The van der Waals surface area contributed by atoms with Gasteiger partial charge in [0.15, 0.2) is 6.61 Å². The largest absolute Gasteiger partial charge is 0.484 e. The number of halogens is 1. The van der Waals surface area contributed by atoms with Gasteiger partial charge in [-0.1, -0.05) is 17.7 Å². The Labute approximate surface area is 110 Å². The van der Waals surface area contributed by atoms with E-state index in [0.29, 0.717) is 23.7 Å². The van der Waals surface area contributed by atoms with E-state index in [4.69, 9.17) is 21.4 Å². The second kappa shape index (κ2) is 7.55. The van der Waals surface area contributed by atoms with Crippen molar-refractivity contribution in [3.05, 3.63) is 29.3 Å². The Morgan fingerprint density at radius 1 is 1.39 bits per heavy atom. The first-order valence-corrected chi connectivity index (χ1v) is 5.82. The van der Waals surface area contributed by atoms with Crippen LogP contribution in [0.4, 0.5) is 0 Å². The van der Waals surface area contributed by atoms with Crippen LogP contribution in [0.25, 0.3) is 0 Å². The fourth-order valence-electron chi connectivity index (χ4n) is 1.22. The summed E-state index contributed by atoms with van der Waals surface area (Å²) in [6.45, 7) is 0.206. The first-order chi connectivity index (χ1) is 8.58. The van der Waals surface area contributed by atoms with Crippen molar-refractivity contribution in [2.75, 3.05) is 13.2 Å². The van der Waals surface area contributed by atoms with Gasteiger partial charge in [-0.25, -0.2) is 0 Å². The van der Waals surface area contributed by atoms with Crippen molar-refractivity contribution in [2.24, 2.45) is 0 Å². The normalized spacial score (nSPS) is 9.83. The predicted molar refractivity (Wildman–Crippen MR) is 66.8 cm³/mol. The van der Waals surface area contributed by atoms with Crippen LogP contribution in [0.2, 0.25) is 5.02 Å². The van der Waals surface area contributed by atoms with Crippen LogP contribution in [0, 0.1) is 0 Å². The molecule has 0 saturated carbocycles. The molecule has 0 saturated heterocycles. The van der Waals surface area contributed by atoms with Crippen molar-refractivity contribution in [2.45, 2.75) is 12.8 Å². The van der Waals surface area contributed by atoms with Crippen molar-refractivity contribution in [1.82, 2.24) is 5.32 Å². The summed E-state index contributed by atoms with van der Waals surface area (Å²) in [6.07, 6.45) is 0.438.